The highest BCUT2D eigenvalue weighted by Gasteiger charge is 2.12. The van der Waals surface area contributed by atoms with Crippen LogP contribution in [-0.4, -0.2) is 24.7 Å². The lowest BCUT2D eigenvalue weighted by atomic mass is 10.1. The summed E-state index contributed by atoms with van der Waals surface area (Å²) < 4.78 is 3.58. The number of hydrogen-bond acceptors (Lipinski definition) is 3. The van der Waals surface area contributed by atoms with Gasteiger partial charge in [-0.2, -0.15) is 10.2 Å². The normalized spacial score (nSPS) is 13.2. The summed E-state index contributed by atoms with van der Waals surface area (Å²) in [6, 6.07) is 0.314. The van der Waals surface area contributed by atoms with Crippen molar-refractivity contribution < 1.29 is 5.11 Å². The lowest BCUT2D eigenvalue weighted by Crippen LogP contribution is -2.02. The van der Waals surface area contributed by atoms with Crippen LogP contribution in [0.25, 0.3) is 0 Å². The van der Waals surface area contributed by atoms with Crippen LogP contribution in [0.2, 0.25) is 0 Å². The monoisotopic (exact) mass is 234 g/mol. The molecule has 0 fully saturated rings. The lowest BCUT2D eigenvalue weighted by Gasteiger charge is -2.07. The van der Waals surface area contributed by atoms with Gasteiger partial charge in [0.1, 0.15) is 0 Å². The lowest BCUT2D eigenvalue weighted by molar-refractivity contribution is 0.178. The van der Waals surface area contributed by atoms with E-state index < -0.39 is 6.10 Å². The topological polar surface area (TPSA) is 55.9 Å². The Morgan fingerprint density at radius 1 is 1.24 bits per heavy atom. The molecule has 92 valence electrons. The van der Waals surface area contributed by atoms with Crippen molar-refractivity contribution in [1.82, 2.24) is 19.6 Å². The minimum absolute atomic E-state index is 0.314. The Bertz CT molecular complexity index is 486. The van der Waals surface area contributed by atoms with Crippen LogP contribution in [0.15, 0.2) is 24.8 Å². The Hall–Kier alpha value is -1.62. The Morgan fingerprint density at radius 2 is 2.00 bits per heavy atom. The zero-order chi connectivity index (χ0) is 12.4. The number of nitrogens with zero attached hydrogens (tertiary/aromatic N) is 4. The van der Waals surface area contributed by atoms with E-state index in [1.165, 1.54) is 0 Å². The SMILES string of the molecule is CC(C)n1cc(C(O)Cc2cnn(C)c2)cn1. The summed E-state index contributed by atoms with van der Waals surface area (Å²) in [5, 5.41) is 18.4. The maximum absolute atomic E-state index is 10.1. The minimum Gasteiger partial charge on any atom is -0.388 e. The van der Waals surface area contributed by atoms with Gasteiger partial charge in [0.2, 0.25) is 0 Å². The smallest absolute Gasteiger partial charge is 0.0861 e. The fraction of sp³-hybridized carbons (Fsp3) is 0.500. The van der Waals surface area contributed by atoms with Crippen molar-refractivity contribution in [3.8, 4) is 0 Å². The van der Waals surface area contributed by atoms with Gasteiger partial charge in [-0.3, -0.25) is 9.36 Å². The summed E-state index contributed by atoms with van der Waals surface area (Å²) in [5.74, 6) is 0. The highest BCUT2D eigenvalue weighted by molar-refractivity contribution is 5.14. The molecule has 2 aromatic heterocycles. The van der Waals surface area contributed by atoms with Crippen molar-refractivity contribution in [3.63, 3.8) is 0 Å². The first-order valence-electron chi connectivity index (χ1n) is 5.76. The van der Waals surface area contributed by atoms with Gasteiger partial charge in [0.05, 0.1) is 18.5 Å². The van der Waals surface area contributed by atoms with Gasteiger partial charge in [-0.15, -0.1) is 0 Å². The maximum Gasteiger partial charge on any atom is 0.0861 e. The Morgan fingerprint density at radius 3 is 2.53 bits per heavy atom. The molecule has 1 atom stereocenters. The number of hydrogen-bond donors (Lipinski definition) is 1. The van der Waals surface area contributed by atoms with Crippen LogP contribution in [-0.2, 0) is 13.5 Å². The molecule has 5 nitrogen and oxygen atoms in total. The van der Waals surface area contributed by atoms with Crippen LogP contribution in [0, 0.1) is 0 Å². The fourth-order valence-electron chi connectivity index (χ4n) is 1.73. The average Bonchev–Trinajstić information content (AvgIpc) is 2.86. The molecule has 0 saturated heterocycles. The van der Waals surface area contributed by atoms with E-state index in [2.05, 4.69) is 24.0 Å². The van der Waals surface area contributed by atoms with Crippen LogP contribution in [0.5, 0.6) is 0 Å². The molecule has 0 spiro atoms. The van der Waals surface area contributed by atoms with Crippen LogP contribution in [0.1, 0.15) is 37.1 Å². The second kappa shape index (κ2) is 4.71. The summed E-state index contributed by atoms with van der Waals surface area (Å²) in [4.78, 5) is 0. The molecule has 1 N–H and O–H groups in total. The maximum atomic E-state index is 10.1. The molecule has 1 unspecified atom stereocenters. The van der Waals surface area contributed by atoms with Crippen LogP contribution in [0.4, 0.5) is 0 Å². The molecule has 2 rings (SSSR count). The van der Waals surface area contributed by atoms with Crippen LogP contribution in [0.3, 0.4) is 0 Å². The highest BCUT2D eigenvalue weighted by atomic mass is 16.3. The molecule has 17 heavy (non-hydrogen) atoms. The van der Waals surface area contributed by atoms with E-state index in [1.54, 1.807) is 17.1 Å². The third kappa shape index (κ3) is 2.74. The van der Waals surface area contributed by atoms with Gasteiger partial charge in [-0.1, -0.05) is 0 Å². The Kier molecular flexibility index (Phi) is 3.28. The zero-order valence-electron chi connectivity index (χ0n) is 10.4. The molecule has 0 saturated carbocycles. The molecule has 0 aliphatic carbocycles. The molecule has 0 radical (unpaired) electrons. The van der Waals surface area contributed by atoms with Gasteiger partial charge >= 0.3 is 0 Å². The van der Waals surface area contributed by atoms with Crippen LogP contribution >= 0.6 is 0 Å². The first-order valence-corrected chi connectivity index (χ1v) is 5.76. The van der Waals surface area contributed by atoms with Gasteiger partial charge in [0, 0.05) is 37.5 Å². The average molecular weight is 234 g/mol. The second-order valence-corrected chi connectivity index (χ2v) is 4.59. The number of aliphatic hydroxyl groups is 1. The first-order chi connectivity index (χ1) is 8.06. The third-order valence-corrected chi connectivity index (χ3v) is 2.72. The van der Waals surface area contributed by atoms with Gasteiger partial charge < -0.3 is 5.11 Å². The molecule has 0 aromatic carbocycles. The van der Waals surface area contributed by atoms with Gasteiger partial charge in [-0.25, -0.2) is 0 Å². The summed E-state index contributed by atoms with van der Waals surface area (Å²) in [7, 11) is 1.87. The molecule has 5 heteroatoms. The van der Waals surface area contributed by atoms with E-state index in [0.717, 1.165) is 11.1 Å². The van der Waals surface area contributed by atoms with Crippen LogP contribution < -0.4 is 0 Å². The van der Waals surface area contributed by atoms with Crippen molar-refractivity contribution in [2.24, 2.45) is 7.05 Å². The largest absolute Gasteiger partial charge is 0.388 e. The second-order valence-electron chi connectivity index (χ2n) is 4.59. The quantitative estimate of drug-likeness (QED) is 0.871. The summed E-state index contributed by atoms with van der Waals surface area (Å²) in [6.07, 6.45) is 7.35. The van der Waals surface area contributed by atoms with Crippen molar-refractivity contribution in [3.05, 3.63) is 35.9 Å². The molecule has 2 aromatic rings. The van der Waals surface area contributed by atoms with Gasteiger partial charge in [-0.05, 0) is 19.4 Å². The number of aromatic nitrogens is 4. The van der Waals surface area contributed by atoms with Gasteiger partial charge in [0.25, 0.3) is 0 Å². The Labute approximate surface area is 101 Å². The fourth-order valence-corrected chi connectivity index (χ4v) is 1.73. The molecule has 0 aliphatic rings. The van der Waals surface area contributed by atoms with E-state index in [-0.39, 0.29) is 0 Å². The third-order valence-electron chi connectivity index (χ3n) is 2.72. The number of aliphatic hydroxyl groups excluding tert-OH is 1. The van der Waals surface area contributed by atoms with E-state index >= 15 is 0 Å². The summed E-state index contributed by atoms with van der Waals surface area (Å²) in [6.45, 7) is 4.12. The van der Waals surface area contributed by atoms with Crippen molar-refractivity contribution in [1.29, 1.82) is 0 Å². The molecule has 0 bridgehead atoms. The van der Waals surface area contributed by atoms with Gasteiger partial charge in [0.15, 0.2) is 0 Å². The molecule has 2 heterocycles. The molecule has 0 aliphatic heterocycles. The van der Waals surface area contributed by atoms with E-state index in [0.29, 0.717) is 12.5 Å². The predicted octanol–water partition coefficient (Wildman–Crippen LogP) is 1.47. The van der Waals surface area contributed by atoms with E-state index in [4.69, 9.17) is 0 Å². The van der Waals surface area contributed by atoms with Crippen molar-refractivity contribution in [2.75, 3.05) is 0 Å². The first kappa shape index (κ1) is 11.9. The van der Waals surface area contributed by atoms with Crippen molar-refractivity contribution in [2.45, 2.75) is 32.4 Å². The van der Waals surface area contributed by atoms with E-state index in [1.807, 2.05) is 24.1 Å². The predicted molar refractivity (Wildman–Crippen MR) is 64.5 cm³/mol. The summed E-state index contributed by atoms with van der Waals surface area (Å²) in [5.41, 5.74) is 1.87. The Balaban J connectivity index is 2.06. The number of rotatable bonds is 4. The molecular formula is C12H18N4O. The minimum atomic E-state index is -0.522. The van der Waals surface area contributed by atoms with E-state index in [9.17, 15) is 5.11 Å². The summed E-state index contributed by atoms with van der Waals surface area (Å²) >= 11 is 0. The molecular weight excluding hydrogens is 216 g/mol. The number of aryl methyl sites for hydroxylation is 1. The zero-order valence-corrected chi connectivity index (χ0v) is 10.4. The van der Waals surface area contributed by atoms with Crippen molar-refractivity contribution >= 4 is 0 Å². The molecule has 0 amide bonds. The highest BCUT2D eigenvalue weighted by Crippen LogP contribution is 2.18. The standard InChI is InChI=1S/C12H18N4O/c1-9(2)16-8-11(6-14-16)12(17)4-10-5-13-15(3)7-10/h5-9,12,17H,4H2,1-3H3.